The van der Waals surface area contributed by atoms with Gasteiger partial charge in [0, 0.05) is 13.1 Å². The third-order valence-corrected chi connectivity index (χ3v) is 4.02. The van der Waals surface area contributed by atoms with Crippen LogP contribution in [0.1, 0.15) is 0 Å². The predicted molar refractivity (Wildman–Crippen MR) is 68.3 cm³/mol. The van der Waals surface area contributed by atoms with E-state index in [1.807, 2.05) is 0 Å². The lowest BCUT2D eigenvalue weighted by atomic mass is 10.3. The Morgan fingerprint density at radius 2 is 1.76 bits per heavy atom. The van der Waals surface area contributed by atoms with Crippen LogP contribution in [0, 0.1) is 0 Å². The second kappa shape index (κ2) is 5.94. The van der Waals surface area contributed by atoms with Gasteiger partial charge in [-0.05, 0) is 12.1 Å². The third kappa shape index (κ3) is 3.30. The number of hydrogen-bond donors (Lipinski definition) is 0. The standard InChI is InChI=1S/C12H13F2NO5S/c13-12(14,11(16)15-6-8-19-9-7-15)21(17,18)20-10-4-2-1-3-5-10/h1-5H,6-9H2. The topological polar surface area (TPSA) is 72.9 Å². The van der Waals surface area contributed by atoms with E-state index in [0.717, 1.165) is 4.90 Å². The zero-order valence-electron chi connectivity index (χ0n) is 10.9. The molecule has 1 amide bonds. The summed E-state index contributed by atoms with van der Waals surface area (Å²) in [7, 11) is -5.43. The van der Waals surface area contributed by atoms with Crippen molar-refractivity contribution in [3.63, 3.8) is 0 Å². The van der Waals surface area contributed by atoms with E-state index in [2.05, 4.69) is 4.18 Å². The summed E-state index contributed by atoms with van der Waals surface area (Å²) < 4.78 is 60.4. The Bertz CT molecular complexity index is 599. The molecule has 21 heavy (non-hydrogen) atoms. The first-order valence-electron chi connectivity index (χ1n) is 6.08. The molecule has 0 radical (unpaired) electrons. The fourth-order valence-electron chi connectivity index (χ4n) is 1.71. The van der Waals surface area contributed by atoms with Crippen molar-refractivity contribution in [1.29, 1.82) is 0 Å². The van der Waals surface area contributed by atoms with Crippen LogP contribution >= 0.6 is 0 Å². The van der Waals surface area contributed by atoms with E-state index in [0.29, 0.717) is 0 Å². The average Bonchev–Trinajstić information content (AvgIpc) is 2.47. The van der Waals surface area contributed by atoms with E-state index in [1.54, 1.807) is 6.07 Å². The number of alkyl halides is 2. The van der Waals surface area contributed by atoms with Crippen LogP contribution in [-0.4, -0.2) is 50.8 Å². The first-order chi connectivity index (χ1) is 9.84. The normalized spacial score (nSPS) is 16.6. The maximum absolute atomic E-state index is 13.9. The number of nitrogens with zero attached hydrogens (tertiary/aromatic N) is 1. The first-order valence-corrected chi connectivity index (χ1v) is 7.49. The summed E-state index contributed by atoms with van der Waals surface area (Å²) in [5.41, 5.74) is 0. The third-order valence-electron chi connectivity index (χ3n) is 2.81. The number of hydrogen-bond acceptors (Lipinski definition) is 5. The second-order valence-electron chi connectivity index (χ2n) is 4.27. The van der Waals surface area contributed by atoms with Crippen molar-refractivity contribution in [2.45, 2.75) is 5.25 Å². The largest absolute Gasteiger partial charge is 0.458 e. The molecule has 0 aliphatic carbocycles. The van der Waals surface area contributed by atoms with Crippen LogP contribution in [0.5, 0.6) is 5.75 Å². The fourth-order valence-corrected chi connectivity index (χ4v) is 2.52. The number of amides is 1. The zero-order chi connectivity index (χ0) is 15.5. The Balaban J connectivity index is 2.18. The molecule has 0 spiro atoms. The highest BCUT2D eigenvalue weighted by atomic mass is 32.2. The molecule has 1 aliphatic heterocycles. The summed E-state index contributed by atoms with van der Waals surface area (Å²) in [4.78, 5) is 12.5. The number of ether oxygens (including phenoxy) is 1. The van der Waals surface area contributed by atoms with Gasteiger partial charge in [0.1, 0.15) is 5.75 Å². The summed E-state index contributed by atoms with van der Waals surface area (Å²) in [6, 6.07) is 6.82. The second-order valence-corrected chi connectivity index (χ2v) is 5.86. The molecule has 1 saturated heterocycles. The Labute approximate surface area is 120 Å². The number of rotatable bonds is 4. The Morgan fingerprint density at radius 1 is 1.19 bits per heavy atom. The van der Waals surface area contributed by atoms with Gasteiger partial charge < -0.3 is 13.8 Å². The summed E-state index contributed by atoms with van der Waals surface area (Å²) in [5.74, 6) is -2.09. The molecule has 0 N–H and O–H groups in total. The molecule has 2 rings (SSSR count). The highest BCUT2D eigenvalue weighted by Crippen LogP contribution is 2.28. The fraction of sp³-hybridized carbons (Fsp3) is 0.417. The minimum Gasteiger partial charge on any atom is -0.378 e. The van der Waals surface area contributed by atoms with Crippen LogP contribution in [0.3, 0.4) is 0 Å². The molecule has 6 nitrogen and oxygen atoms in total. The molecule has 0 unspecified atom stereocenters. The Kier molecular flexibility index (Phi) is 4.43. The summed E-state index contributed by atoms with van der Waals surface area (Å²) in [6.45, 7) is -0.00657. The molecule has 9 heteroatoms. The van der Waals surface area contributed by atoms with Crippen LogP contribution in [0.15, 0.2) is 30.3 Å². The van der Waals surface area contributed by atoms with Gasteiger partial charge in [-0.1, -0.05) is 18.2 Å². The molecule has 1 fully saturated rings. The number of carbonyl (C=O) groups excluding carboxylic acids is 1. The number of benzene rings is 1. The van der Waals surface area contributed by atoms with E-state index in [1.165, 1.54) is 24.3 Å². The molecule has 1 heterocycles. The monoisotopic (exact) mass is 321 g/mol. The Hall–Kier alpha value is -1.74. The highest BCUT2D eigenvalue weighted by Gasteiger charge is 2.57. The van der Waals surface area contributed by atoms with Gasteiger partial charge in [-0.2, -0.15) is 17.2 Å². The molecule has 0 saturated carbocycles. The van der Waals surface area contributed by atoms with E-state index in [-0.39, 0.29) is 32.1 Å². The first kappa shape index (κ1) is 15.6. The number of morpholine rings is 1. The molecule has 1 aromatic carbocycles. The van der Waals surface area contributed by atoms with Gasteiger partial charge in [-0.25, -0.2) is 0 Å². The van der Waals surface area contributed by atoms with Crippen molar-refractivity contribution in [2.24, 2.45) is 0 Å². The van der Waals surface area contributed by atoms with E-state index >= 15 is 0 Å². The molecule has 1 aliphatic rings. The molecule has 0 atom stereocenters. The highest BCUT2D eigenvalue weighted by molar-refractivity contribution is 7.89. The van der Waals surface area contributed by atoms with Gasteiger partial charge in [-0.3, -0.25) is 4.79 Å². The maximum Gasteiger partial charge on any atom is 0.458 e. The van der Waals surface area contributed by atoms with E-state index < -0.39 is 21.3 Å². The SMILES string of the molecule is O=C(N1CCOCC1)C(F)(F)S(=O)(=O)Oc1ccccc1. The Morgan fingerprint density at radius 3 is 2.33 bits per heavy atom. The zero-order valence-corrected chi connectivity index (χ0v) is 11.7. The number of carbonyl (C=O) groups is 1. The van der Waals surface area contributed by atoms with Crippen molar-refractivity contribution in [2.75, 3.05) is 26.3 Å². The van der Waals surface area contributed by atoms with Gasteiger partial charge in [0.25, 0.3) is 0 Å². The lowest BCUT2D eigenvalue weighted by Crippen LogP contribution is -2.52. The van der Waals surface area contributed by atoms with Crippen LogP contribution < -0.4 is 4.18 Å². The molecule has 0 aromatic heterocycles. The molecule has 0 bridgehead atoms. The quantitative estimate of drug-likeness (QED) is 0.769. The van der Waals surface area contributed by atoms with Crippen molar-refractivity contribution in [3.05, 3.63) is 30.3 Å². The summed E-state index contributed by atoms with van der Waals surface area (Å²) in [6.07, 6.45) is 0. The molecular weight excluding hydrogens is 308 g/mol. The molecule has 116 valence electrons. The van der Waals surface area contributed by atoms with Gasteiger partial charge in [0.2, 0.25) is 0 Å². The van der Waals surface area contributed by atoms with Crippen LogP contribution in [0.2, 0.25) is 0 Å². The van der Waals surface area contributed by atoms with Crippen molar-refractivity contribution in [1.82, 2.24) is 4.90 Å². The van der Waals surface area contributed by atoms with Crippen molar-refractivity contribution in [3.8, 4) is 5.75 Å². The number of halogens is 2. The average molecular weight is 321 g/mol. The molecule has 1 aromatic rings. The number of para-hydroxylation sites is 1. The summed E-state index contributed by atoms with van der Waals surface area (Å²) in [5, 5.41) is -4.65. The maximum atomic E-state index is 13.9. The lowest BCUT2D eigenvalue weighted by molar-refractivity contribution is -0.151. The minimum absolute atomic E-state index is 0.0847. The van der Waals surface area contributed by atoms with E-state index in [9.17, 15) is 22.0 Å². The van der Waals surface area contributed by atoms with Gasteiger partial charge >= 0.3 is 21.3 Å². The predicted octanol–water partition coefficient (Wildman–Crippen LogP) is 0.847. The van der Waals surface area contributed by atoms with E-state index in [4.69, 9.17) is 4.74 Å². The van der Waals surface area contributed by atoms with Crippen LogP contribution in [-0.2, 0) is 19.6 Å². The van der Waals surface area contributed by atoms with Gasteiger partial charge in [-0.15, -0.1) is 0 Å². The van der Waals surface area contributed by atoms with Crippen molar-refractivity contribution < 1.29 is 30.9 Å². The van der Waals surface area contributed by atoms with Crippen LogP contribution in [0.25, 0.3) is 0 Å². The smallest absolute Gasteiger partial charge is 0.378 e. The minimum atomic E-state index is -5.43. The lowest BCUT2D eigenvalue weighted by Gasteiger charge is -2.29. The van der Waals surface area contributed by atoms with Gasteiger partial charge in [0.05, 0.1) is 13.2 Å². The summed E-state index contributed by atoms with van der Waals surface area (Å²) >= 11 is 0. The molecular formula is C12H13F2NO5S. The van der Waals surface area contributed by atoms with Gasteiger partial charge in [0.15, 0.2) is 0 Å². The van der Waals surface area contributed by atoms with Crippen molar-refractivity contribution >= 4 is 16.0 Å². The van der Waals surface area contributed by atoms with Crippen LogP contribution in [0.4, 0.5) is 8.78 Å².